The fourth-order valence-corrected chi connectivity index (χ4v) is 4.26. The van der Waals surface area contributed by atoms with Crippen molar-refractivity contribution < 1.29 is 0 Å². The molecule has 0 spiro atoms. The monoisotopic (exact) mass is 299 g/mol. The van der Waals surface area contributed by atoms with Gasteiger partial charge in [0.2, 0.25) is 5.28 Å². The molecule has 0 amide bonds. The Kier molecular flexibility index (Phi) is 3.04. The molecule has 3 aromatic rings. The third-order valence-electron chi connectivity index (χ3n) is 2.05. The van der Waals surface area contributed by atoms with Crippen LogP contribution in [0, 0.1) is 6.92 Å². The van der Waals surface area contributed by atoms with Crippen molar-refractivity contribution in [3.05, 3.63) is 27.8 Å². The van der Waals surface area contributed by atoms with Gasteiger partial charge in [-0.15, -0.1) is 22.7 Å². The number of thiazole rings is 1. The number of hydrogen-bond donors (Lipinski definition) is 0. The van der Waals surface area contributed by atoms with Crippen molar-refractivity contribution in [2.75, 3.05) is 0 Å². The molecule has 86 valence electrons. The van der Waals surface area contributed by atoms with Gasteiger partial charge in [0, 0.05) is 21.8 Å². The number of nitrogens with zero attached hydrogens (tertiary/aromatic N) is 3. The zero-order chi connectivity index (χ0) is 11.8. The molecule has 0 saturated heterocycles. The maximum absolute atomic E-state index is 5.93. The Morgan fingerprint density at radius 1 is 1.35 bits per heavy atom. The molecule has 0 aromatic carbocycles. The quantitative estimate of drug-likeness (QED) is 0.523. The van der Waals surface area contributed by atoms with Gasteiger partial charge in [-0.05, 0) is 36.4 Å². The second-order valence-corrected chi connectivity index (χ2v) is 6.98. The molecule has 0 radical (unpaired) electrons. The van der Waals surface area contributed by atoms with E-state index in [9.17, 15) is 0 Å². The van der Waals surface area contributed by atoms with E-state index in [1.807, 2.05) is 5.38 Å². The molecule has 0 N–H and O–H groups in total. The highest BCUT2D eigenvalue weighted by Gasteiger charge is 2.11. The molecule has 0 aliphatic heterocycles. The van der Waals surface area contributed by atoms with Crippen LogP contribution in [-0.4, -0.2) is 15.0 Å². The summed E-state index contributed by atoms with van der Waals surface area (Å²) in [5.74, 6) is 0. The zero-order valence-corrected chi connectivity index (χ0v) is 11.9. The van der Waals surface area contributed by atoms with Crippen LogP contribution < -0.4 is 0 Å². The van der Waals surface area contributed by atoms with Gasteiger partial charge in [-0.2, -0.15) is 0 Å². The lowest BCUT2D eigenvalue weighted by atomic mass is 10.4. The molecule has 0 aliphatic carbocycles. The van der Waals surface area contributed by atoms with Crippen molar-refractivity contribution in [2.45, 2.75) is 16.3 Å². The van der Waals surface area contributed by atoms with Gasteiger partial charge in [-0.25, -0.2) is 15.0 Å². The van der Waals surface area contributed by atoms with Crippen LogP contribution in [0.15, 0.2) is 27.0 Å². The fraction of sp³-hybridized carbons (Fsp3) is 0.100. The number of hydrogen-bond acceptors (Lipinski definition) is 6. The van der Waals surface area contributed by atoms with Gasteiger partial charge < -0.3 is 0 Å². The van der Waals surface area contributed by atoms with E-state index in [1.165, 1.54) is 16.6 Å². The minimum atomic E-state index is 0.290. The third-order valence-corrected chi connectivity index (χ3v) is 5.05. The molecular formula is C10H6ClN3S3. The minimum Gasteiger partial charge on any atom is -0.238 e. The van der Waals surface area contributed by atoms with Gasteiger partial charge in [-0.1, -0.05) is 0 Å². The Morgan fingerprint density at radius 2 is 2.24 bits per heavy atom. The summed E-state index contributed by atoms with van der Waals surface area (Å²) in [4.78, 5) is 14.9. The van der Waals surface area contributed by atoms with E-state index < -0.39 is 0 Å². The Bertz CT molecular complexity index is 663. The first-order valence-corrected chi connectivity index (χ1v) is 7.62. The summed E-state index contributed by atoms with van der Waals surface area (Å²) in [7, 11) is 0. The van der Waals surface area contributed by atoms with Crippen LogP contribution in [-0.2, 0) is 0 Å². The topological polar surface area (TPSA) is 38.7 Å². The molecule has 3 aromatic heterocycles. The minimum absolute atomic E-state index is 0.290. The average Bonchev–Trinajstić information content (AvgIpc) is 2.86. The normalized spacial score (nSPS) is 11.2. The second kappa shape index (κ2) is 4.53. The van der Waals surface area contributed by atoms with Gasteiger partial charge in [0.25, 0.3) is 0 Å². The van der Waals surface area contributed by atoms with Gasteiger partial charge in [0.05, 0.1) is 0 Å². The Morgan fingerprint density at radius 3 is 3.00 bits per heavy atom. The van der Waals surface area contributed by atoms with Crippen molar-refractivity contribution in [3.8, 4) is 0 Å². The van der Waals surface area contributed by atoms with E-state index >= 15 is 0 Å². The molecule has 7 heteroatoms. The highest BCUT2D eigenvalue weighted by molar-refractivity contribution is 8.01. The standard InChI is InChI=1S/C10H6ClN3S3/c1-5-4-6-7(16-5)13-9(11)14-8(6)17-10-12-2-3-15-10/h2-4H,1H3. The number of fused-ring (bicyclic) bond motifs is 1. The lowest BCUT2D eigenvalue weighted by Gasteiger charge is -1.99. The van der Waals surface area contributed by atoms with E-state index in [1.54, 1.807) is 28.9 Å². The Labute approximate surface area is 115 Å². The summed E-state index contributed by atoms with van der Waals surface area (Å²) in [6.07, 6.45) is 1.78. The smallest absolute Gasteiger partial charge is 0.224 e. The maximum Gasteiger partial charge on any atom is 0.224 e. The largest absolute Gasteiger partial charge is 0.238 e. The van der Waals surface area contributed by atoms with Crippen molar-refractivity contribution >= 4 is 56.3 Å². The van der Waals surface area contributed by atoms with Gasteiger partial charge in [-0.3, -0.25) is 0 Å². The molecule has 0 aliphatic rings. The summed E-state index contributed by atoms with van der Waals surface area (Å²) in [6.45, 7) is 2.05. The predicted molar refractivity (Wildman–Crippen MR) is 73.4 cm³/mol. The summed E-state index contributed by atoms with van der Waals surface area (Å²) >= 11 is 10.7. The van der Waals surface area contributed by atoms with Crippen molar-refractivity contribution in [2.24, 2.45) is 0 Å². The first kappa shape index (κ1) is 11.4. The predicted octanol–water partition coefficient (Wildman–Crippen LogP) is 4.26. The summed E-state index contributed by atoms with van der Waals surface area (Å²) < 4.78 is 0.963. The molecule has 0 atom stereocenters. The Hall–Kier alpha value is -0.690. The lowest BCUT2D eigenvalue weighted by Crippen LogP contribution is -1.85. The maximum atomic E-state index is 5.93. The summed E-state index contributed by atoms with van der Waals surface area (Å²) in [5, 5.41) is 4.16. The number of aromatic nitrogens is 3. The first-order chi connectivity index (χ1) is 8.22. The number of rotatable bonds is 2. The number of halogens is 1. The van der Waals surface area contributed by atoms with Gasteiger partial charge in [0.1, 0.15) is 9.86 Å². The molecule has 3 rings (SSSR count). The van der Waals surface area contributed by atoms with Crippen LogP contribution in [0.1, 0.15) is 4.88 Å². The average molecular weight is 300 g/mol. The molecule has 3 nitrogen and oxygen atoms in total. The van der Waals surface area contributed by atoms with Crippen LogP contribution in [0.4, 0.5) is 0 Å². The fourth-order valence-electron chi connectivity index (χ4n) is 1.41. The number of aryl methyl sites for hydroxylation is 1. The summed E-state index contributed by atoms with van der Waals surface area (Å²) in [5.41, 5.74) is 0. The molecular weight excluding hydrogens is 294 g/mol. The van der Waals surface area contributed by atoms with Gasteiger partial charge in [0.15, 0.2) is 4.34 Å². The Balaban J connectivity index is 2.14. The van der Waals surface area contributed by atoms with E-state index in [4.69, 9.17) is 11.6 Å². The highest BCUT2D eigenvalue weighted by atomic mass is 35.5. The van der Waals surface area contributed by atoms with Crippen LogP contribution in [0.3, 0.4) is 0 Å². The van der Waals surface area contributed by atoms with Crippen LogP contribution in [0.2, 0.25) is 5.28 Å². The van der Waals surface area contributed by atoms with Crippen molar-refractivity contribution in [1.29, 1.82) is 0 Å². The van der Waals surface area contributed by atoms with E-state index in [-0.39, 0.29) is 0 Å². The van der Waals surface area contributed by atoms with E-state index in [0.717, 1.165) is 19.6 Å². The molecule has 0 fully saturated rings. The second-order valence-electron chi connectivity index (χ2n) is 3.27. The van der Waals surface area contributed by atoms with Crippen LogP contribution in [0.25, 0.3) is 10.2 Å². The SMILES string of the molecule is Cc1cc2c(Sc3nccs3)nc(Cl)nc2s1. The third kappa shape index (κ3) is 2.30. The van der Waals surface area contributed by atoms with Crippen LogP contribution in [0.5, 0.6) is 0 Å². The van der Waals surface area contributed by atoms with Gasteiger partial charge >= 0.3 is 0 Å². The first-order valence-electron chi connectivity index (χ1n) is 4.73. The lowest BCUT2D eigenvalue weighted by molar-refractivity contribution is 1.10. The van der Waals surface area contributed by atoms with Crippen molar-refractivity contribution in [1.82, 2.24) is 15.0 Å². The molecule has 17 heavy (non-hydrogen) atoms. The molecule has 0 unspecified atom stereocenters. The highest BCUT2D eigenvalue weighted by Crippen LogP contribution is 2.36. The van der Waals surface area contributed by atoms with Crippen molar-refractivity contribution in [3.63, 3.8) is 0 Å². The zero-order valence-electron chi connectivity index (χ0n) is 8.68. The van der Waals surface area contributed by atoms with E-state index in [0.29, 0.717) is 5.28 Å². The van der Waals surface area contributed by atoms with Crippen LogP contribution >= 0.6 is 46.0 Å². The molecule has 0 bridgehead atoms. The molecule has 3 heterocycles. The van der Waals surface area contributed by atoms with E-state index in [2.05, 4.69) is 27.9 Å². The molecule has 0 saturated carbocycles. The number of thiophene rings is 1. The summed E-state index contributed by atoms with van der Waals surface area (Å²) in [6, 6.07) is 2.09.